The van der Waals surface area contributed by atoms with E-state index < -0.39 is 0 Å². The Morgan fingerprint density at radius 1 is 1.38 bits per heavy atom. The van der Waals surface area contributed by atoms with Crippen LogP contribution in [0.5, 0.6) is 0 Å². The molecule has 0 saturated heterocycles. The highest BCUT2D eigenvalue weighted by Crippen LogP contribution is 2.19. The molecule has 0 spiro atoms. The number of nitrogens with zero attached hydrogens (tertiary/aromatic N) is 2. The van der Waals surface area contributed by atoms with Crippen LogP contribution < -0.4 is 5.73 Å². The monoisotopic (exact) mass is 175 g/mol. The predicted octanol–water partition coefficient (Wildman–Crippen LogP) is 2.20. The molecule has 68 valence electrons. The predicted molar refractivity (Wildman–Crippen MR) is 54.5 cm³/mol. The van der Waals surface area contributed by atoms with Crippen LogP contribution >= 0.6 is 0 Å². The van der Waals surface area contributed by atoms with Crippen LogP contribution in [0.2, 0.25) is 0 Å². The van der Waals surface area contributed by atoms with Crippen LogP contribution in [0.1, 0.15) is 19.9 Å². The molecule has 1 aromatic heterocycles. The Morgan fingerprint density at radius 3 is 2.85 bits per heavy atom. The molecule has 13 heavy (non-hydrogen) atoms. The van der Waals surface area contributed by atoms with Crippen LogP contribution in [0.4, 0.5) is 5.69 Å². The second-order valence-electron chi connectivity index (χ2n) is 3.50. The highest BCUT2D eigenvalue weighted by Gasteiger charge is 2.04. The third kappa shape index (κ3) is 1.26. The smallest absolute Gasteiger partial charge is 0.0705 e. The van der Waals surface area contributed by atoms with Crippen LogP contribution in [0.3, 0.4) is 0 Å². The van der Waals surface area contributed by atoms with Gasteiger partial charge in [-0.25, -0.2) is 0 Å². The molecule has 0 fully saturated rings. The normalized spacial score (nSPS) is 11.3. The first-order chi connectivity index (χ1) is 6.18. The minimum atomic E-state index is 0.374. The van der Waals surface area contributed by atoms with E-state index in [1.165, 1.54) is 0 Å². The average molecular weight is 175 g/mol. The molecule has 2 N–H and O–H groups in total. The van der Waals surface area contributed by atoms with Crippen molar-refractivity contribution in [3.63, 3.8) is 0 Å². The molecule has 3 heteroatoms. The zero-order chi connectivity index (χ0) is 9.42. The van der Waals surface area contributed by atoms with E-state index >= 15 is 0 Å². The van der Waals surface area contributed by atoms with Gasteiger partial charge in [-0.2, -0.15) is 5.10 Å². The van der Waals surface area contributed by atoms with Crippen LogP contribution in [0.15, 0.2) is 24.4 Å². The van der Waals surface area contributed by atoms with E-state index in [-0.39, 0.29) is 0 Å². The number of anilines is 1. The van der Waals surface area contributed by atoms with Crippen molar-refractivity contribution in [3.05, 3.63) is 24.4 Å². The summed E-state index contributed by atoms with van der Waals surface area (Å²) >= 11 is 0. The van der Waals surface area contributed by atoms with E-state index in [4.69, 9.17) is 5.73 Å². The van der Waals surface area contributed by atoms with Crippen molar-refractivity contribution in [2.24, 2.45) is 0 Å². The molecule has 0 amide bonds. The minimum Gasteiger partial charge on any atom is -0.399 e. The molecular formula is C10H13N3. The van der Waals surface area contributed by atoms with E-state index in [2.05, 4.69) is 18.9 Å². The van der Waals surface area contributed by atoms with Crippen LogP contribution in [0, 0.1) is 0 Å². The standard InChI is InChI=1S/C10H13N3/c1-7(2)13-10-5-9(11)4-3-8(10)6-12-13/h3-7H,11H2,1-2H3. The Kier molecular flexibility index (Phi) is 1.72. The van der Waals surface area contributed by atoms with Crippen LogP contribution in [-0.2, 0) is 0 Å². The van der Waals surface area contributed by atoms with E-state index in [1.807, 2.05) is 29.1 Å². The lowest BCUT2D eigenvalue weighted by Gasteiger charge is -2.06. The number of benzene rings is 1. The first-order valence-corrected chi connectivity index (χ1v) is 4.41. The third-order valence-corrected chi connectivity index (χ3v) is 2.11. The van der Waals surface area contributed by atoms with E-state index in [1.54, 1.807) is 0 Å². The third-order valence-electron chi connectivity index (χ3n) is 2.11. The summed E-state index contributed by atoms with van der Waals surface area (Å²) in [6.07, 6.45) is 1.87. The first kappa shape index (κ1) is 8.10. The highest BCUT2D eigenvalue weighted by molar-refractivity contribution is 5.81. The fourth-order valence-corrected chi connectivity index (χ4v) is 1.47. The van der Waals surface area contributed by atoms with Gasteiger partial charge in [0, 0.05) is 17.1 Å². The van der Waals surface area contributed by atoms with Crippen molar-refractivity contribution in [2.45, 2.75) is 19.9 Å². The maximum atomic E-state index is 5.71. The summed E-state index contributed by atoms with van der Waals surface area (Å²) in [5.41, 5.74) is 7.60. The summed E-state index contributed by atoms with van der Waals surface area (Å²) in [5, 5.41) is 5.44. The van der Waals surface area contributed by atoms with Gasteiger partial charge in [0.05, 0.1) is 11.7 Å². The van der Waals surface area contributed by atoms with Crippen molar-refractivity contribution in [1.29, 1.82) is 0 Å². The Bertz CT molecular complexity index is 429. The largest absolute Gasteiger partial charge is 0.399 e. The Morgan fingerprint density at radius 2 is 2.15 bits per heavy atom. The molecular weight excluding hydrogens is 162 g/mol. The molecule has 0 radical (unpaired) electrons. The summed E-state index contributed by atoms with van der Waals surface area (Å²) in [5.74, 6) is 0. The zero-order valence-electron chi connectivity index (χ0n) is 7.86. The Labute approximate surface area is 77.2 Å². The van der Waals surface area contributed by atoms with Crippen molar-refractivity contribution in [1.82, 2.24) is 9.78 Å². The van der Waals surface area contributed by atoms with E-state index in [9.17, 15) is 0 Å². The highest BCUT2D eigenvalue weighted by atomic mass is 15.3. The van der Waals surface area contributed by atoms with Gasteiger partial charge in [0.25, 0.3) is 0 Å². The lowest BCUT2D eigenvalue weighted by atomic mass is 10.2. The summed E-state index contributed by atoms with van der Waals surface area (Å²) < 4.78 is 1.98. The topological polar surface area (TPSA) is 43.8 Å². The second-order valence-corrected chi connectivity index (χ2v) is 3.50. The van der Waals surface area contributed by atoms with E-state index in [0.717, 1.165) is 16.6 Å². The second kappa shape index (κ2) is 2.76. The number of nitrogens with two attached hydrogens (primary N) is 1. The number of hydrogen-bond donors (Lipinski definition) is 1. The van der Waals surface area contributed by atoms with Crippen molar-refractivity contribution < 1.29 is 0 Å². The number of aromatic nitrogens is 2. The van der Waals surface area contributed by atoms with Gasteiger partial charge >= 0.3 is 0 Å². The molecule has 0 aliphatic heterocycles. The van der Waals surface area contributed by atoms with Crippen molar-refractivity contribution in [2.75, 3.05) is 5.73 Å². The summed E-state index contributed by atoms with van der Waals surface area (Å²) in [6, 6.07) is 6.23. The van der Waals surface area contributed by atoms with Gasteiger partial charge < -0.3 is 5.73 Å². The molecule has 0 aliphatic rings. The van der Waals surface area contributed by atoms with Gasteiger partial charge in [-0.05, 0) is 32.0 Å². The van der Waals surface area contributed by atoms with Gasteiger partial charge in [-0.15, -0.1) is 0 Å². The summed E-state index contributed by atoms with van der Waals surface area (Å²) in [6.45, 7) is 4.21. The fourth-order valence-electron chi connectivity index (χ4n) is 1.47. The fraction of sp³-hybridized carbons (Fsp3) is 0.300. The molecule has 0 aliphatic carbocycles. The Hall–Kier alpha value is -1.51. The summed E-state index contributed by atoms with van der Waals surface area (Å²) in [7, 11) is 0. The quantitative estimate of drug-likeness (QED) is 0.675. The van der Waals surface area contributed by atoms with Gasteiger partial charge in [0.2, 0.25) is 0 Å². The summed E-state index contributed by atoms with van der Waals surface area (Å²) in [4.78, 5) is 0. The number of hydrogen-bond acceptors (Lipinski definition) is 2. The molecule has 0 unspecified atom stereocenters. The van der Waals surface area contributed by atoms with Crippen LogP contribution in [0.25, 0.3) is 10.9 Å². The van der Waals surface area contributed by atoms with Crippen molar-refractivity contribution >= 4 is 16.6 Å². The molecule has 2 aromatic rings. The molecule has 0 bridgehead atoms. The molecule has 1 heterocycles. The molecule has 1 aromatic carbocycles. The SMILES string of the molecule is CC(C)n1ncc2ccc(N)cc21. The minimum absolute atomic E-state index is 0.374. The number of rotatable bonds is 1. The van der Waals surface area contributed by atoms with E-state index in [0.29, 0.717) is 6.04 Å². The maximum absolute atomic E-state index is 5.71. The van der Waals surface area contributed by atoms with Crippen LogP contribution in [-0.4, -0.2) is 9.78 Å². The lowest BCUT2D eigenvalue weighted by Crippen LogP contribution is -2.02. The zero-order valence-corrected chi connectivity index (χ0v) is 7.86. The first-order valence-electron chi connectivity index (χ1n) is 4.41. The Balaban J connectivity index is 2.71. The van der Waals surface area contributed by atoms with Gasteiger partial charge in [-0.1, -0.05) is 0 Å². The number of nitrogen functional groups attached to an aromatic ring is 1. The molecule has 0 atom stereocenters. The lowest BCUT2D eigenvalue weighted by molar-refractivity contribution is 0.551. The number of fused-ring (bicyclic) bond motifs is 1. The molecule has 2 rings (SSSR count). The molecule has 0 saturated carbocycles. The van der Waals surface area contributed by atoms with Crippen molar-refractivity contribution in [3.8, 4) is 0 Å². The average Bonchev–Trinajstić information content (AvgIpc) is 2.46. The molecule has 3 nitrogen and oxygen atoms in total. The maximum Gasteiger partial charge on any atom is 0.0705 e. The van der Waals surface area contributed by atoms with Gasteiger partial charge in [0.1, 0.15) is 0 Å². The van der Waals surface area contributed by atoms with Gasteiger partial charge in [0.15, 0.2) is 0 Å². The van der Waals surface area contributed by atoms with Gasteiger partial charge in [-0.3, -0.25) is 4.68 Å².